The molecule has 0 heterocycles. The fourth-order valence-electron chi connectivity index (χ4n) is 7.92. The Morgan fingerprint density at radius 2 is 1.79 bits per heavy atom. The van der Waals surface area contributed by atoms with Crippen molar-refractivity contribution >= 4 is 0 Å². The van der Waals surface area contributed by atoms with E-state index in [9.17, 15) is 0 Å². The SMILES string of the molecule is C=C(C)CCC[C@H]1CC[C@@]2(N)[C@H]3[C@H](CC(=C)[C@]12C)[C@@H](C)CC[C@@H](C)CCC[C@@H]3C. The molecule has 166 valence electrons. The Hall–Kier alpha value is -0.560. The summed E-state index contributed by atoms with van der Waals surface area (Å²) >= 11 is 0. The van der Waals surface area contributed by atoms with E-state index in [1.165, 1.54) is 75.4 Å². The molecule has 0 unspecified atom stereocenters. The molecule has 0 amide bonds. The average molecular weight is 400 g/mol. The maximum absolute atomic E-state index is 7.58. The lowest BCUT2D eigenvalue weighted by Gasteiger charge is -2.60. The molecule has 8 atom stereocenters. The highest BCUT2D eigenvalue weighted by atomic mass is 14.9. The van der Waals surface area contributed by atoms with E-state index in [-0.39, 0.29) is 11.0 Å². The van der Waals surface area contributed by atoms with Crippen LogP contribution in [0.5, 0.6) is 0 Å². The maximum Gasteiger partial charge on any atom is 0.0283 e. The van der Waals surface area contributed by atoms with Crippen LogP contribution in [0.15, 0.2) is 24.3 Å². The van der Waals surface area contributed by atoms with Gasteiger partial charge in [-0.15, -0.1) is 6.58 Å². The van der Waals surface area contributed by atoms with Gasteiger partial charge in [0.2, 0.25) is 0 Å². The summed E-state index contributed by atoms with van der Waals surface area (Å²) in [7, 11) is 0. The molecule has 3 saturated carbocycles. The third-order valence-electron chi connectivity index (χ3n) is 9.93. The van der Waals surface area contributed by atoms with E-state index in [2.05, 4.69) is 41.2 Å². The van der Waals surface area contributed by atoms with E-state index in [0.29, 0.717) is 11.8 Å². The lowest BCUT2D eigenvalue weighted by molar-refractivity contribution is -0.0223. The Balaban J connectivity index is 1.90. The Morgan fingerprint density at radius 3 is 2.48 bits per heavy atom. The summed E-state index contributed by atoms with van der Waals surface area (Å²) in [4.78, 5) is 0. The van der Waals surface area contributed by atoms with Crippen LogP contribution in [0.4, 0.5) is 0 Å². The lowest BCUT2D eigenvalue weighted by Crippen LogP contribution is -2.65. The van der Waals surface area contributed by atoms with Gasteiger partial charge in [-0.1, -0.05) is 77.5 Å². The minimum Gasteiger partial charge on any atom is -0.324 e. The minimum absolute atomic E-state index is 0.0562. The highest BCUT2D eigenvalue weighted by molar-refractivity contribution is 5.30. The number of hydrogen-bond donors (Lipinski definition) is 1. The first-order chi connectivity index (χ1) is 13.6. The Bertz CT molecular complexity index is 605. The van der Waals surface area contributed by atoms with Crippen molar-refractivity contribution in [2.45, 2.75) is 111 Å². The normalized spacial score (nSPS) is 46.1. The van der Waals surface area contributed by atoms with E-state index >= 15 is 0 Å². The number of rotatable bonds is 4. The van der Waals surface area contributed by atoms with Gasteiger partial charge in [0.25, 0.3) is 0 Å². The first kappa shape index (κ1) is 23.1. The molecule has 0 radical (unpaired) electrons. The second-order valence-electron chi connectivity index (χ2n) is 11.9. The molecule has 0 aromatic heterocycles. The van der Waals surface area contributed by atoms with E-state index in [4.69, 9.17) is 12.3 Å². The Kier molecular flexibility index (Phi) is 7.09. The van der Waals surface area contributed by atoms with Gasteiger partial charge in [0.1, 0.15) is 0 Å². The molecule has 0 bridgehead atoms. The van der Waals surface area contributed by atoms with Crippen molar-refractivity contribution in [3.8, 4) is 0 Å². The second-order valence-corrected chi connectivity index (χ2v) is 11.9. The molecule has 1 heteroatoms. The van der Waals surface area contributed by atoms with Gasteiger partial charge in [-0.3, -0.25) is 0 Å². The quantitative estimate of drug-likeness (QED) is 0.477. The number of hydrogen-bond acceptors (Lipinski definition) is 1. The van der Waals surface area contributed by atoms with Crippen LogP contribution in [0, 0.1) is 40.9 Å². The van der Waals surface area contributed by atoms with Crippen molar-refractivity contribution in [1.82, 2.24) is 0 Å². The molecular formula is C28H49N. The molecule has 3 fully saturated rings. The van der Waals surface area contributed by atoms with Crippen molar-refractivity contribution in [1.29, 1.82) is 0 Å². The van der Waals surface area contributed by atoms with Gasteiger partial charge in [0.05, 0.1) is 0 Å². The van der Waals surface area contributed by atoms with Gasteiger partial charge in [-0.25, -0.2) is 0 Å². The van der Waals surface area contributed by atoms with Gasteiger partial charge in [0.15, 0.2) is 0 Å². The molecule has 0 aliphatic heterocycles. The van der Waals surface area contributed by atoms with Crippen LogP contribution < -0.4 is 5.73 Å². The smallest absolute Gasteiger partial charge is 0.0283 e. The van der Waals surface area contributed by atoms with Crippen LogP contribution in [0.3, 0.4) is 0 Å². The van der Waals surface area contributed by atoms with Crippen molar-refractivity contribution in [3.63, 3.8) is 0 Å². The second kappa shape index (κ2) is 8.89. The van der Waals surface area contributed by atoms with E-state index in [1.54, 1.807) is 0 Å². The van der Waals surface area contributed by atoms with Crippen molar-refractivity contribution in [2.75, 3.05) is 0 Å². The Labute approximate surface area is 182 Å². The Morgan fingerprint density at radius 1 is 1.07 bits per heavy atom. The number of allylic oxidation sites excluding steroid dienone is 1. The van der Waals surface area contributed by atoms with Crippen molar-refractivity contribution in [2.24, 2.45) is 46.7 Å². The molecule has 0 spiro atoms. The highest BCUT2D eigenvalue weighted by Gasteiger charge is 2.64. The fraction of sp³-hybridized carbons (Fsp3) is 0.857. The standard InChI is InChI=1S/C28H49N/c1-19(2)10-8-13-24-16-17-28(29)26-22(5)12-9-11-20(3)14-15-21(4)25(26)18-23(6)27(24,28)7/h20-22,24-26H,1,6,8-18,29H2,2-5,7H3/t20-,21-,22-,24-,25+,26+,27+,28+/m0/s1. The molecule has 2 N–H and O–H groups in total. The van der Waals surface area contributed by atoms with E-state index < -0.39 is 0 Å². The van der Waals surface area contributed by atoms with Crippen LogP contribution in [-0.4, -0.2) is 5.54 Å². The summed E-state index contributed by atoms with van der Waals surface area (Å²) < 4.78 is 0. The van der Waals surface area contributed by atoms with Crippen LogP contribution in [0.2, 0.25) is 0 Å². The van der Waals surface area contributed by atoms with Crippen molar-refractivity contribution < 1.29 is 0 Å². The predicted octanol–water partition coefficient (Wildman–Crippen LogP) is 7.91. The zero-order valence-electron chi connectivity index (χ0n) is 20.2. The predicted molar refractivity (Wildman–Crippen MR) is 128 cm³/mol. The summed E-state index contributed by atoms with van der Waals surface area (Å²) in [6.07, 6.45) is 14.3. The van der Waals surface area contributed by atoms with Crippen molar-refractivity contribution in [3.05, 3.63) is 24.3 Å². The van der Waals surface area contributed by atoms with E-state index in [1.807, 2.05) is 0 Å². The topological polar surface area (TPSA) is 26.0 Å². The monoisotopic (exact) mass is 399 g/mol. The third-order valence-corrected chi connectivity index (χ3v) is 9.93. The molecular weight excluding hydrogens is 350 g/mol. The molecule has 0 aromatic rings. The van der Waals surface area contributed by atoms with Crippen LogP contribution >= 0.6 is 0 Å². The highest BCUT2D eigenvalue weighted by Crippen LogP contribution is 2.65. The van der Waals surface area contributed by atoms with Crippen LogP contribution in [0.1, 0.15) is 105 Å². The summed E-state index contributed by atoms with van der Waals surface area (Å²) in [5, 5.41) is 0. The average Bonchev–Trinajstić information content (AvgIpc) is 2.91. The maximum atomic E-state index is 7.58. The van der Waals surface area contributed by atoms with E-state index in [0.717, 1.165) is 30.1 Å². The summed E-state index contributed by atoms with van der Waals surface area (Å²) in [5.41, 5.74) is 10.4. The first-order valence-electron chi connectivity index (χ1n) is 12.7. The van der Waals surface area contributed by atoms with Crippen LogP contribution in [0.25, 0.3) is 0 Å². The van der Waals surface area contributed by atoms with Crippen LogP contribution in [-0.2, 0) is 0 Å². The summed E-state index contributed by atoms with van der Waals surface area (Å²) in [6, 6.07) is 0. The number of nitrogens with two attached hydrogens (primary N) is 1. The molecule has 3 aliphatic rings. The first-order valence-corrected chi connectivity index (χ1v) is 12.7. The molecule has 3 rings (SSSR count). The number of fused-ring (bicyclic) bond motifs is 3. The third kappa shape index (κ3) is 4.15. The lowest BCUT2D eigenvalue weighted by atomic mass is 9.47. The molecule has 3 aliphatic carbocycles. The zero-order chi connectivity index (χ0) is 21.4. The largest absolute Gasteiger partial charge is 0.324 e. The summed E-state index contributed by atoms with van der Waals surface area (Å²) in [5.74, 6) is 4.49. The zero-order valence-corrected chi connectivity index (χ0v) is 20.2. The van der Waals surface area contributed by atoms with Gasteiger partial charge >= 0.3 is 0 Å². The van der Waals surface area contributed by atoms with Gasteiger partial charge in [0, 0.05) is 11.0 Å². The summed E-state index contributed by atoms with van der Waals surface area (Å²) in [6.45, 7) is 21.1. The molecule has 0 saturated heterocycles. The molecule has 1 nitrogen and oxygen atoms in total. The molecule has 0 aromatic carbocycles. The molecule has 29 heavy (non-hydrogen) atoms. The van der Waals surface area contributed by atoms with Gasteiger partial charge in [-0.05, 0) is 81.0 Å². The fourth-order valence-corrected chi connectivity index (χ4v) is 7.92. The van der Waals surface area contributed by atoms with Gasteiger partial charge < -0.3 is 5.73 Å². The minimum atomic E-state index is -0.0562. The van der Waals surface area contributed by atoms with Gasteiger partial charge in [-0.2, -0.15) is 0 Å².